The van der Waals surface area contributed by atoms with Crippen molar-refractivity contribution in [2.75, 3.05) is 12.3 Å². The van der Waals surface area contributed by atoms with Crippen LogP contribution >= 0.6 is 0 Å². The Morgan fingerprint density at radius 2 is 2.20 bits per heavy atom. The lowest BCUT2D eigenvalue weighted by Crippen LogP contribution is -2.36. The Bertz CT molecular complexity index is 339. The van der Waals surface area contributed by atoms with E-state index in [-0.39, 0.29) is 25.0 Å². The van der Waals surface area contributed by atoms with Gasteiger partial charge >= 0.3 is 0 Å². The van der Waals surface area contributed by atoms with E-state index in [0.717, 1.165) is 5.56 Å². The molecule has 0 unspecified atom stereocenters. The van der Waals surface area contributed by atoms with Gasteiger partial charge in [-0.15, -0.1) is 0 Å². The molecule has 82 valence electrons. The second-order valence-corrected chi connectivity index (χ2v) is 3.53. The van der Waals surface area contributed by atoms with Gasteiger partial charge in [-0.25, -0.2) is 0 Å². The molecule has 0 aliphatic heterocycles. The molecule has 4 N–H and O–H groups in total. The first-order chi connectivity index (χ1) is 7.13. The molecule has 0 heterocycles. The third-order valence-corrected chi connectivity index (χ3v) is 2.09. The van der Waals surface area contributed by atoms with E-state index in [9.17, 15) is 4.79 Å². The van der Waals surface area contributed by atoms with E-state index in [1.165, 1.54) is 0 Å². The summed E-state index contributed by atoms with van der Waals surface area (Å²) in [6, 6.07) is 7.03. The first kappa shape index (κ1) is 11.5. The monoisotopic (exact) mass is 208 g/mol. The van der Waals surface area contributed by atoms with Gasteiger partial charge in [0, 0.05) is 11.7 Å². The van der Waals surface area contributed by atoms with Crippen LogP contribution in [0.4, 0.5) is 5.69 Å². The number of nitrogens with one attached hydrogen (secondary N) is 1. The van der Waals surface area contributed by atoms with E-state index < -0.39 is 0 Å². The van der Waals surface area contributed by atoms with Gasteiger partial charge in [-0.05, 0) is 18.6 Å². The Labute approximate surface area is 89.1 Å². The number of nitrogen functional groups attached to an aromatic ring is 1. The Balaban J connectivity index is 2.55. The summed E-state index contributed by atoms with van der Waals surface area (Å²) in [5.41, 5.74) is 7.12. The summed E-state index contributed by atoms with van der Waals surface area (Å²) in [6.07, 6.45) is 0.247. The highest BCUT2D eigenvalue weighted by molar-refractivity contribution is 5.80. The number of amides is 1. The summed E-state index contributed by atoms with van der Waals surface area (Å²) < 4.78 is 0. The Kier molecular flexibility index (Phi) is 4.12. The molecule has 4 heteroatoms. The van der Waals surface area contributed by atoms with Crippen molar-refractivity contribution in [1.29, 1.82) is 0 Å². The molecule has 1 amide bonds. The smallest absolute Gasteiger partial charge is 0.224 e. The number of nitrogens with two attached hydrogens (primary N) is 1. The van der Waals surface area contributed by atoms with Gasteiger partial charge in [0.05, 0.1) is 13.0 Å². The number of carbonyl (C=O) groups excluding carboxylic acids is 1. The molecule has 1 atom stereocenters. The minimum atomic E-state index is -0.220. The fraction of sp³-hybridized carbons (Fsp3) is 0.364. The fourth-order valence-corrected chi connectivity index (χ4v) is 1.24. The summed E-state index contributed by atoms with van der Waals surface area (Å²) in [5.74, 6) is -0.130. The molecular formula is C11H16N2O2. The second-order valence-electron chi connectivity index (χ2n) is 3.53. The average molecular weight is 208 g/mol. The van der Waals surface area contributed by atoms with Crippen molar-refractivity contribution in [3.63, 3.8) is 0 Å². The molecule has 0 radical (unpaired) electrons. The van der Waals surface area contributed by atoms with Crippen LogP contribution in [0.5, 0.6) is 0 Å². The molecule has 0 aromatic heterocycles. The predicted octanol–water partition coefficient (Wildman–Crippen LogP) is 0.308. The standard InChI is InChI=1S/C11H16N2O2/c1-8(7-14)13-11(15)6-9-4-2-3-5-10(9)12/h2-5,8,14H,6-7,12H2,1H3,(H,13,15)/t8-/m1/s1. The molecule has 0 aliphatic rings. The number of benzene rings is 1. The number of aliphatic hydroxyl groups excluding tert-OH is 1. The van der Waals surface area contributed by atoms with Crippen molar-refractivity contribution >= 4 is 11.6 Å². The fourth-order valence-electron chi connectivity index (χ4n) is 1.24. The normalized spacial score (nSPS) is 12.1. The molecular weight excluding hydrogens is 192 g/mol. The SMILES string of the molecule is C[C@H](CO)NC(=O)Cc1ccccc1N. The van der Waals surface area contributed by atoms with E-state index in [2.05, 4.69) is 5.32 Å². The van der Waals surface area contributed by atoms with E-state index in [1.807, 2.05) is 18.2 Å². The molecule has 1 aromatic rings. The summed E-state index contributed by atoms with van der Waals surface area (Å²) in [5, 5.41) is 11.4. The minimum absolute atomic E-state index is 0.0595. The van der Waals surface area contributed by atoms with Crippen LogP contribution < -0.4 is 11.1 Å². The van der Waals surface area contributed by atoms with Crippen molar-refractivity contribution in [3.8, 4) is 0 Å². The zero-order valence-electron chi connectivity index (χ0n) is 8.73. The highest BCUT2D eigenvalue weighted by Crippen LogP contribution is 2.10. The third kappa shape index (κ3) is 3.59. The summed E-state index contributed by atoms with van der Waals surface area (Å²) in [7, 11) is 0. The van der Waals surface area contributed by atoms with Gasteiger partial charge in [0.25, 0.3) is 0 Å². The summed E-state index contributed by atoms with van der Waals surface area (Å²) in [6.45, 7) is 1.68. The van der Waals surface area contributed by atoms with E-state index in [4.69, 9.17) is 10.8 Å². The van der Waals surface area contributed by atoms with Crippen molar-refractivity contribution in [2.24, 2.45) is 0 Å². The van der Waals surface area contributed by atoms with Crippen molar-refractivity contribution in [3.05, 3.63) is 29.8 Å². The Hall–Kier alpha value is -1.55. The number of anilines is 1. The van der Waals surface area contributed by atoms with E-state index >= 15 is 0 Å². The molecule has 0 saturated heterocycles. The lowest BCUT2D eigenvalue weighted by atomic mass is 10.1. The first-order valence-corrected chi connectivity index (χ1v) is 4.87. The number of hydrogen-bond acceptors (Lipinski definition) is 3. The second kappa shape index (κ2) is 5.36. The lowest BCUT2D eigenvalue weighted by molar-refractivity contribution is -0.121. The van der Waals surface area contributed by atoms with Gasteiger partial charge in [-0.3, -0.25) is 4.79 Å². The van der Waals surface area contributed by atoms with Crippen LogP contribution in [-0.2, 0) is 11.2 Å². The van der Waals surface area contributed by atoms with Crippen LogP contribution in [0.25, 0.3) is 0 Å². The molecule has 1 rings (SSSR count). The van der Waals surface area contributed by atoms with Gasteiger partial charge in [0.2, 0.25) is 5.91 Å². The first-order valence-electron chi connectivity index (χ1n) is 4.87. The van der Waals surface area contributed by atoms with Crippen LogP contribution in [-0.4, -0.2) is 23.7 Å². The van der Waals surface area contributed by atoms with Gasteiger partial charge in [0.1, 0.15) is 0 Å². The molecule has 1 aromatic carbocycles. The quantitative estimate of drug-likeness (QED) is 0.623. The van der Waals surface area contributed by atoms with E-state index in [1.54, 1.807) is 13.0 Å². The summed E-state index contributed by atoms with van der Waals surface area (Å²) >= 11 is 0. The molecule has 0 fully saturated rings. The number of hydrogen-bond donors (Lipinski definition) is 3. The molecule has 0 spiro atoms. The largest absolute Gasteiger partial charge is 0.398 e. The van der Waals surface area contributed by atoms with Crippen LogP contribution in [0.1, 0.15) is 12.5 Å². The van der Waals surface area contributed by atoms with Crippen molar-refractivity contribution in [1.82, 2.24) is 5.32 Å². The van der Waals surface area contributed by atoms with Crippen LogP contribution in [0.3, 0.4) is 0 Å². The maximum absolute atomic E-state index is 11.5. The lowest BCUT2D eigenvalue weighted by Gasteiger charge is -2.11. The van der Waals surface area contributed by atoms with Crippen LogP contribution in [0.2, 0.25) is 0 Å². The van der Waals surface area contributed by atoms with E-state index in [0.29, 0.717) is 5.69 Å². The third-order valence-electron chi connectivity index (χ3n) is 2.09. The Morgan fingerprint density at radius 3 is 2.80 bits per heavy atom. The Morgan fingerprint density at radius 1 is 1.53 bits per heavy atom. The van der Waals surface area contributed by atoms with Gasteiger partial charge < -0.3 is 16.2 Å². The maximum Gasteiger partial charge on any atom is 0.224 e. The van der Waals surface area contributed by atoms with Gasteiger partial charge in [0.15, 0.2) is 0 Å². The minimum Gasteiger partial charge on any atom is -0.398 e. The van der Waals surface area contributed by atoms with Crippen LogP contribution in [0.15, 0.2) is 24.3 Å². The number of rotatable bonds is 4. The molecule has 0 aliphatic carbocycles. The number of aliphatic hydroxyl groups is 1. The topological polar surface area (TPSA) is 75.3 Å². The average Bonchev–Trinajstić information content (AvgIpc) is 2.21. The highest BCUT2D eigenvalue weighted by atomic mass is 16.3. The molecule has 15 heavy (non-hydrogen) atoms. The highest BCUT2D eigenvalue weighted by Gasteiger charge is 2.08. The van der Waals surface area contributed by atoms with Gasteiger partial charge in [-0.2, -0.15) is 0 Å². The van der Waals surface area contributed by atoms with Crippen molar-refractivity contribution in [2.45, 2.75) is 19.4 Å². The number of carbonyl (C=O) groups is 1. The van der Waals surface area contributed by atoms with Crippen molar-refractivity contribution < 1.29 is 9.90 Å². The zero-order valence-corrected chi connectivity index (χ0v) is 8.73. The molecule has 0 saturated carbocycles. The molecule has 4 nitrogen and oxygen atoms in total. The van der Waals surface area contributed by atoms with Crippen LogP contribution in [0, 0.1) is 0 Å². The number of para-hydroxylation sites is 1. The molecule has 0 bridgehead atoms. The maximum atomic E-state index is 11.5. The zero-order chi connectivity index (χ0) is 11.3. The predicted molar refractivity (Wildman–Crippen MR) is 59.2 cm³/mol. The van der Waals surface area contributed by atoms with Gasteiger partial charge in [-0.1, -0.05) is 18.2 Å². The summed E-state index contributed by atoms with van der Waals surface area (Å²) in [4.78, 5) is 11.5.